The first-order chi connectivity index (χ1) is 24.3. The molecule has 0 unspecified atom stereocenters. The molecule has 1 aliphatic heterocycles. The van der Waals surface area contributed by atoms with Gasteiger partial charge in [0.1, 0.15) is 15.7 Å². The van der Waals surface area contributed by atoms with Gasteiger partial charge in [-0.15, -0.1) is 0 Å². The van der Waals surface area contributed by atoms with Crippen molar-refractivity contribution >= 4 is 50.8 Å². The van der Waals surface area contributed by atoms with Crippen molar-refractivity contribution in [2.75, 3.05) is 13.2 Å². The van der Waals surface area contributed by atoms with Gasteiger partial charge in [-0.3, -0.25) is 0 Å². The van der Waals surface area contributed by atoms with Gasteiger partial charge >= 0.3 is 17.9 Å². The quantitative estimate of drug-likeness (QED) is 0.0486. The first-order valence-corrected chi connectivity index (χ1v) is 19.9. The summed E-state index contributed by atoms with van der Waals surface area (Å²) in [6.07, 6.45) is 12.2. The highest BCUT2D eigenvalue weighted by atomic mass is 32.9. The lowest BCUT2D eigenvalue weighted by atomic mass is 9.89. The zero-order chi connectivity index (χ0) is 35.3. The number of rotatable bonds is 12. The molecule has 3 aromatic rings. The monoisotopic (exact) mass is 736 g/mol. The predicted molar refractivity (Wildman–Crippen MR) is 198 cm³/mol. The van der Waals surface area contributed by atoms with Crippen molar-refractivity contribution in [2.24, 2.45) is 11.8 Å². The molecule has 0 saturated heterocycles. The van der Waals surface area contributed by atoms with Crippen LogP contribution in [-0.4, -0.2) is 54.5 Å². The summed E-state index contributed by atoms with van der Waals surface area (Å²) >= 11 is 5.23. The zero-order valence-corrected chi connectivity index (χ0v) is 30.6. The second-order valence-corrected chi connectivity index (χ2v) is 15.7. The van der Waals surface area contributed by atoms with E-state index in [0.717, 1.165) is 58.5 Å². The van der Waals surface area contributed by atoms with Crippen LogP contribution < -0.4 is 4.74 Å². The maximum absolute atomic E-state index is 13.6. The zero-order valence-electron chi connectivity index (χ0n) is 28.2. The minimum Gasteiger partial charge on any atom is -0.494 e. The molecule has 5 rings (SSSR count). The number of esters is 3. The molecule has 0 radical (unpaired) electrons. The molecule has 2 aromatic carbocycles. The summed E-state index contributed by atoms with van der Waals surface area (Å²) in [5.74, 6) is -1.25. The van der Waals surface area contributed by atoms with Crippen LogP contribution in [-0.2, 0) is 19.0 Å². The summed E-state index contributed by atoms with van der Waals surface area (Å²) in [5.41, 5.74) is 1.33. The minimum absolute atomic E-state index is 0.0295. The van der Waals surface area contributed by atoms with Crippen molar-refractivity contribution < 1.29 is 38.4 Å². The fraction of sp³-hybridized carbons (Fsp3) is 0.436. The van der Waals surface area contributed by atoms with Crippen LogP contribution in [0.2, 0.25) is 0 Å². The number of carbonyl (C=O) groups is 3. The third-order valence-electron chi connectivity index (χ3n) is 8.92. The molecule has 1 aromatic heterocycles. The molecule has 2 heterocycles. The van der Waals surface area contributed by atoms with Crippen molar-refractivity contribution in [3.8, 4) is 16.2 Å². The SMILES string of the molecule is C[C@H]1CCC/C=C/[C@@H]2C[C@H](O)C[C@H]2[C@H](OC(=O)c2ccccc2C(=O)OCCCCCCOc2ccc(-c3cc(=S)ss3)cc2)/C=C/C(=O)O1. The first kappa shape index (κ1) is 37.6. The van der Waals surface area contributed by atoms with Crippen molar-refractivity contribution in [3.63, 3.8) is 0 Å². The van der Waals surface area contributed by atoms with E-state index in [0.29, 0.717) is 25.9 Å². The average molecular weight is 737 g/mol. The van der Waals surface area contributed by atoms with Gasteiger partial charge in [-0.25, -0.2) is 14.4 Å². The molecule has 1 saturated carbocycles. The largest absolute Gasteiger partial charge is 0.494 e. The van der Waals surface area contributed by atoms with Crippen LogP contribution in [0.15, 0.2) is 78.9 Å². The molecule has 0 bridgehead atoms. The van der Waals surface area contributed by atoms with Crippen molar-refractivity contribution in [1.29, 1.82) is 0 Å². The predicted octanol–water partition coefficient (Wildman–Crippen LogP) is 9.14. The fourth-order valence-electron chi connectivity index (χ4n) is 6.31. The van der Waals surface area contributed by atoms with Crippen LogP contribution in [0.1, 0.15) is 85.4 Å². The van der Waals surface area contributed by atoms with Gasteiger partial charge in [0.15, 0.2) is 0 Å². The average Bonchev–Trinajstić information content (AvgIpc) is 3.72. The van der Waals surface area contributed by atoms with Gasteiger partial charge in [-0.2, -0.15) is 0 Å². The molecule has 1 aliphatic carbocycles. The number of carbonyl (C=O) groups excluding carboxylic acids is 3. The standard InChI is InChI=1S/C39H44O8S3/c1-26-11-5-4-6-12-28-23-29(40)24-33(28)34(19-20-36(41)46-26)47-39(43)32-14-8-7-13-31(32)38(42)45-22-10-3-2-9-21-44-30-17-15-27(16-18-30)35-25-37(48)50-49-35/h6-8,12-20,25-26,28-29,33-34,40H,2-5,9-11,21-24H2,1H3/b12-6+,20-19+/t26-,28+,29-,33+,34+/m0/s1. The number of unbranched alkanes of at least 4 members (excludes halogenated alkanes) is 3. The van der Waals surface area contributed by atoms with E-state index in [1.807, 2.05) is 37.3 Å². The number of aliphatic hydroxyl groups is 1. The Labute approximate surface area is 306 Å². The molecule has 1 N–H and O–H groups in total. The lowest BCUT2D eigenvalue weighted by molar-refractivity contribution is -0.142. The van der Waals surface area contributed by atoms with Gasteiger partial charge in [0.2, 0.25) is 0 Å². The van der Waals surface area contributed by atoms with Crippen LogP contribution in [0.4, 0.5) is 0 Å². The summed E-state index contributed by atoms with van der Waals surface area (Å²) in [6, 6.07) is 16.5. The first-order valence-electron chi connectivity index (χ1n) is 17.3. The summed E-state index contributed by atoms with van der Waals surface area (Å²) < 4.78 is 23.8. The fourth-order valence-corrected chi connectivity index (χ4v) is 8.71. The molecule has 50 heavy (non-hydrogen) atoms. The number of benzene rings is 2. The second-order valence-electron chi connectivity index (χ2n) is 12.8. The van der Waals surface area contributed by atoms with Gasteiger partial charge in [-0.05, 0) is 125 Å². The molecular formula is C39H44O8S3. The summed E-state index contributed by atoms with van der Waals surface area (Å²) in [7, 11) is 3.27. The molecule has 0 spiro atoms. The van der Waals surface area contributed by atoms with E-state index in [2.05, 4.69) is 12.2 Å². The third kappa shape index (κ3) is 11.2. The van der Waals surface area contributed by atoms with E-state index < -0.39 is 30.1 Å². The van der Waals surface area contributed by atoms with Crippen LogP contribution in [0, 0.1) is 15.7 Å². The Bertz CT molecular complexity index is 1690. The van der Waals surface area contributed by atoms with Crippen molar-refractivity contribution in [1.82, 2.24) is 0 Å². The Morgan fingerprint density at radius 1 is 0.940 bits per heavy atom. The normalized spacial score (nSPS) is 23.6. The maximum Gasteiger partial charge on any atom is 0.339 e. The number of fused-ring (bicyclic) bond motifs is 1. The highest BCUT2D eigenvalue weighted by Gasteiger charge is 2.38. The second kappa shape index (κ2) is 19.1. The number of allylic oxidation sites excluding steroid dienone is 2. The lowest BCUT2D eigenvalue weighted by Gasteiger charge is -2.25. The maximum atomic E-state index is 13.6. The molecule has 266 valence electrons. The van der Waals surface area contributed by atoms with E-state index in [9.17, 15) is 19.5 Å². The molecule has 2 aliphatic rings. The number of cyclic esters (lactones) is 1. The number of hydrogen-bond donors (Lipinski definition) is 1. The number of hydrogen-bond acceptors (Lipinski definition) is 11. The van der Waals surface area contributed by atoms with Gasteiger partial charge in [0.25, 0.3) is 0 Å². The van der Waals surface area contributed by atoms with E-state index in [4.69, 9.17) is 31.2 Å². The molecule has 5 atom stereocenters. The lowest BCUT2D eigenvalue weighted by Crippen LogP contribution is -2.29. The van der Waals surface area contributed by atoms with Crippen LogP contribution in [0.5, 0.6) is 5.75 Å². The highest BCUT2D eigenvalue weighted by molar-refractivity contribution is 7.80. The van der Waals surface area contributed by atoms with Gasteiger partial charge in [0.05, 0.1) is 36.5 Å². The van der Waals surface area contributed by atoms with Crippen LogP contribution >= 0.6 is 32.9 Å². The van der Waals surface area contributed by atoms with Gasteiger partial charge in [0, 0.05) is 16.9 Å². The molecular weight excluding hydrogens is 693 g/mol. The molecule has 11 heteroatoms. The van der Waals surface area contributed by atoms with E-state index in [1.165, 1.54) is 12.1 Å². The van der Waals surface area contributed by atoms with Crippen LogP contribution in [0.3, 0.4) is 0 Å². The van der Waals surface area contributed by atoms with E-state index in [-0.39, 0.29) is 35.7 Å². The van der Waals surface area contributed by atoms with Crippen molar-refractivity contribution in [2.45, 2.75) is 83.0 Å². The van der Waals surface area contributed by atoms with Crippen LogP contribution in [0.25, 0.3) is 10.4 Å². The molecule has 0 amide bonds. The van der Waals surface area contributed by atoms with Gasteiger partial charge in [-0.1, -0.05) is 57.2 Å². The van der Waals surface area contributed by atoms with E-state index >= 15 is 0 Å². The third-order valence-corrected chi connectivity index (χ3v) is 11.8. The smallest absolute Gasteiger partial charge is 0.339 e. The number of aliphatic hydroxyl groups excluding tert-OH is 1. The van der Waals surface area contributed by atoms with E-state index in [1.54, 1.807) is 45.0 Å². The minimum atomic E-state index is -0.808. The Balaban J connectivity index is 1.09. The summed E-state index contributed by atoms with van der Waals surface area (Å²) in [5, 5.41) is 10.5. The molecule has 1 fully saturated rings. The number of ether oxygens (including phenoxy) is 4. The summed E-state index contributed by atoms with van der Waals surface area (Å²) in [6.45, 7) is 2.68. The van der Waals surface area contributed by atoms with Crippen molar-refractivity contribution in [3.05, 3.63) is 93.9 Å². The summed E-state index contributed by atoms with van der Waals surface area (Å²) in [4.78, 5) is 40.3. The topological polar surface area (TPSA) is 108 Å². The molecule has 8 nitrogen and oxygen atoms in total. The Hall–Kier alpha value is -3.64. The Morgan fingerprint density at radius 3 is 2.42 bits per heavy atom. The Kier molecular flexibility index (Phi) is 14.4. The van der Waals surface area contributed by atoms with Gasteiger partial charge < -0.3 is 24.1 Å². The Morgan fingerprint density at radius 2 is 1.68 bits per heavy atom. The highest BCUT2D eigenvalue weighted by Crippen LogP contribution is 2.38.